The van der Waals surface area contributed by atoms with Gasteiger partial charge in [-0.15, -0.1) is 5.10 Å². The Kier molecular flexibility index (Phi) is 2.80. The number of nitrogens with one attached hydrogen (secondary N) is 1. The fourth-order valence-corrected chi connectivity index (χ4v) is 0.813. The Morgan fingerprint density at radius 2 is 2.46 bits per heavy atom. The van der Waals surface area contributed by atoms with Crippen molar-refractivity contribution >= 4 is 5.97 Å². The second-order valence-electron chi connectivity index (χ2n) is 2.23. The second-order valence-corrected chi connectivity index (χ2v) is 2.23. The van der Waals surface area contributed by atoms with Crippen LogP contribution < -0.4 is 5.56 Å². The van der Waals surface area contributed by atoms with Crippen molar-refractivity contribution in [3.63, 3.8) is 0 Å². The van der Waals surface area contributed by atoms with Gasteiger partial charge < -0.3 is 9.84 Å². The molecule has 1 rings (SSSR count). The van der Waals surface area contributed by atoms with Crippen LogP contribution in [0.3, 0.4) is 0 Å². The normalized spacial score (nSPS) is 10.0. The summed E-state index contributed by atoms with van der Waals surface area (Å²) in [5, 5.41) is 14.3. The molecule has 72 valence electrons. The lowest BCUT2D eigenvalue weighted by atomic mass is 10.5. The van der Waals surface area contributed by atoms with E-state index >= 15 is 0 Å². The third-order valence-corrected chi connectivity index (χ3v) is 1.43. The molecule has 0 saturated heterocycles. The van der Waals surface area contributed by atoms with Crippen molar-refractivity contribution in [2.45, 2.75) is 6.54 Å². The van der Waals surface area contributed by atoms with E-state index in [-0.39, 0.29) is 18.8 Å². The van der Waals surface area contributed by atoms with E-state index in [1.54, 1.807) is 0 Å². The summed E-state index contributed by atoms with van der Waals surface area (Å²) in [7, 11) is 1.16. The number of H-pyrrole nitrogens is 1. The number of carbonyl (C=O) groups excluding carboxylic acids is 1. The quantitative estimate of drug-likeness (QED) is 0.552. The lowest BCUT2D eigenvalue weighted by Crippen LogP contribution is -2.23. The molecule has 0 bridgehead atoms. The van der Waals surface area contributed by atoms with Crippen LogP contribution in [0, 0.1) is 0 Å². The van der Waals surface area contributed by atoms with Gasteiger partial charge in [0.1, 0.15) is 0 Å². The lowest BCUT2D eigenvalue weighted by Gasteiger charge is -1.93. The highest BCUT2D eigenvalue weighted by atomic mass is 16.5. The highest BCUT2D eigenvalue weighted by molar-refractivity contribution is 5.86. The zero-order chi connectivity index (χ0) is 9.84. The maximum Gasteiger partial charge on any atom is 0.364 e. The average Bonchev–Trinajstić information content (AvgIpc) is 2.48. The maximum atomic E-state index is 11.2. The van der Waals surface area contributed by atoms with E-state index in [1.807, 2.05) is 0 Å². The summed E-state index contributed by atoms with van der Waals surface area (Å²) in [6, 6.07) is 0. The van der Waals surface area contributed by atoms with Gasteiger partial charge in [0.25, 0.3) is 0 Å². The fourth-order valence-electron chi connectivity index (χ4n) is 0.813. The molecule has 0 aliphatic rings. The molecule has 1 aromatic rings. The van der Waals surface area contributed by atoms with Crippen LogP contribution >= 0.6 is 0 Å². The van der Waals surface area contributed by atoms with Crippen LogP contribution in [0.15, 0.2) is 4.79 Å². The first kappa shape index (κ1) is 9.46. The van der Waals surface area contributed by atoms with Crippen molar-refractivity contribution in [3.8, 4) is 0 Å². The van der Waals surface area contributed by atoms with E-state index in [9.17, 15) is 9.59 Å². The van der Waals surface area contributed by atoms with Gasteiger partial charge in [0.2, 0.25) is 5.69 Å². The molecule has 0 fully saturated rings. The number of rotatable bonds is 3. The Bertz CT molecular complexity index is 353. The van der Waals surface area contributed by atoms with Crippen molar-refractivity contribution < 1.29 is 14.6 Å². The average molecular weight is 187 g/mol. The Morgan fingerprint density at radius 3 is 3.00 bits per heavy atom. The fraction of sp³-hybridized carbons (Fsp3) is 0.500. The minimum atomic E-state index is -0.794. The van der Waals surface area contributed by atoms with Crippen LogP contribution in [0.1, 0.15) is 10.5 Å². The molecule has 0 aliphatic carbocycles. The first-order chi connectivity index (χ1) is 6.20. The number of nitrogens with zero attached hydrogens (tertiary/aromatic N) is 2. The zero-order valence-corrected chi connectivity index (χ0v) is 6.98. The van der Waals surface area contributed by atoms with E-state index in [1.165, 1.54) is 0 Å². The van der Waals surface area contributed by atoms with E-state index in [0.717, 1.165) is 11.8 Å². The molecular formula is C6H9N3O4. The highest BCUT2D eigenvalue weighted by Crippen LogP contribution is 1.87. The molecule has 2 N–H and O–H groups in total. The SMILES string of the molecule is COC(=O)c1n[nH]n(CCO)c1=O. The van der Waals surface area contributed by atoms with Gasteiger partial charge in [-0.05, 0) is 0 Å². The number of aromatic nitrogens is 3. The number of hydrogen-bond acceptors (Lipinski definition) is 5. The Labute approximate surface area is 72.9 Å². The number of ether oxygens (including phenoxy) is 1. The third kappa shape index (κ3) is 1.75. The van der Waals surface area contributed by atoms with Gasteiger partial charge >= 0.3 is 11.5 Å². The highest BCUT2D eigenvalue weighted by Gasteiger charge is 2.16. The molecule has 0 saturated carbocycles. The minimum absolute atomic E-state index is 0.0722. The van der Waals surface area contributed by atoms with Crippen LogP contribution in [-0.2, 0) is 11.3 Å². The molecule has 0 amide bonds. The number of aliphatic hydroxyl groups excluding tert-OH is 1. The van der Waals surface area contributed by atoms with Gasteiger partial charge in [-0.25, -0.2) is 14.7 Å². The minimum Gasteiger partial charge on any atom is -0.464 e. The predicted molar refractivity (Wildman–Crippen MR) is 41.3 cm³/mol. The van der Waals surface area contributed by atoms with E-state index in [2.05, 4.69) is 15.0 Å². The van der Waals surface area contributed by atoms with Crippen molar-refractivity contribution in [2.75, 3.05) is 13.7 Å². The number of hydrogen-bond donors (Lipinski definition) is 2. The van der Waals surface area contributed by atoms with Crippen molar-refractivity contribution in [1.29, 1.82) is 0 Å². The summed E-state index contributed by atoms with van der Waals surface area (Å²) in [6.07, 6.45) is 0. The summed E-state index contributed by atoms with van der Waals surface area (Å²) in [5.74, 6) is -0.794. The molecule has 0 unspecified atom stereocenters. The maximum absolute atomic E-state index is 11.2. The lowest BCUT2D eigenvalue weighted by molar-refractivity contribution is 0.0592. The van der Waals surface area contributed by atoms with Crippen LogP contribution in [0.5, 0.6) is 0 Å². The Balaban J connectivity index is 2.99. The number of aromatic amines is 1. The first-order valence-corrected chi connectivity index (χ1v) is 3.55. The number of esters is 1. The second kappa shape index (κ2) is 3.85. The monoisotopic (exact) mass is 187 g/mol. The summed E-state index contributed by atoms with van der Waals surface area (Å²) < 4.78 is 5.33. The van der Waals surface area contributed by atoms with Crippen LogP contribution in [0.2, 0.25) is 0 Å². The predicted octanol–water partition coefficient (Wildman–Crippen LogP) is -1.65. The molecule has 7 nitrogen and oxygen atoms in total. The van der Waals surface area contributed by atoms with Crippen molar-refractivity contribution in [1.82, 2.24) is 15.0 Å². The molecule has 1 heterocycles. The van der Waals surface area contributed by atoms with Crippen LogP contribution in [0.25, 0.3) is 0 Å². The first-order valence-electron chi connectivity index (χ1n) is 3.55. The Morgan fingerprint density at radius 1 is 1.77 bits per heavy atom. The number of aliphatic hydroxyl groups is 1. The smallest absolute Gasteiger partial charge is 0.364 e. The van der Waals surface area contributed by atoms with Crippen molar-refractivity contribution in [2.24, 2.45) is 0 Å². The standard InChI is InChI=1S/C6H9N3O4/c1-13-6(12)4-5(11)9(2-3-10)8-7-4/h8,10H,2-3H2,1H3. The van der Waals surface area contributed by atoms with Gasteiger partial charge in [-0.2, -0.15) is 0 Å². The topological polar surface area (TPSA) is 97.2 Å². The van der Waals surface area contributed by atoms with Crippen molar-refractivity contribution in [3.05, 3.63) is 16.0 Å². The third-order valence-electron chi connectivity index (χ3n) is 1.43. The summed E-state index contributed by atoms with van der Waals surface area (Å²) in [6.45, 7) is -0.133. The molecular weight excluding hydrogens is 178 g/mol. The van der Waals surface area contributed by atoms with E-state index in [0.29, 0.717) is 0 Å². The summed E-state index contributed by atoms with van der Waals surface area (Å²) >= 11 is 0. The molecule has 13 heavy (non-hydrogen) atoms. The molecule has 0 spiro atoms. The summed E-state index contributed by atoms with van der Waals surface area (Å²) in [5.41, 5.74) is -0.906. The molecule has 1 aromatic heterocycles. The van der Waals surface area contributed by atoms with Gasteiger partial charge in [0.05, 0.1) is 20.3 Å². The van der Waals surface area contributed by atoms with E-state index < -0.39 is 11.5 Å². The van der Waals surface area contributed by atoms with Crippen LogP contribution in [0.4, 0.5) is 0 Å². The van der Waals surface area contributed by atoms with Gasteiger partial charge in [-0.3, -0.25) is 4.79 Å². The molecule has 7 heteroatoms. The molecule has 0 aromatic carbocycles. The number of methoxy groups -OCH3 is 1. The molecule has 0 aliphatic heterocycles. The summed E-state index contributed by atoms with van der Waals surface area (Å²) in [4.78, 5) is 22.1. The molecule has 0 atom stereocenters. The van der Waals surface area contributed by atoms with Gasteiger partial charge in [0.15, 0.2) is 0 Å². The number of carbonyl (C=O) groups is 1. The van der Waals surface area contributed by atoms with E-state index in [4.69, 9.17) is 5.11 Å². The van der Waals surface area contributed by atoms with Crippen LogP contribution in [-0.4, -0.2) is 39.8 Å². The van der Waals surface area contributed by atoms with Gasteiger partial charge in [0, 0.05) is 0 Å². The van der Waals surface area contributed by atoms with Gasteiger partial charge in [-0.1, -0.05) is 0 Å². The zero-order valence-electron chi connectivity index (χ0n) is 6.98. The molecule has 0 radical (unpaired) electrons. The Hall–Kier alpha value is -1.63. The largest absolute Gasteiger partial charge is 0.464 e.